The molecule has 0 unspecified atom stereocenters. The van der Waals surface area contributed by atoms with Gasteiger partial charge in [-0.15, -0.1) is 0 Å². The zero-order valence-electron chi connectivity index (χ0n) is 17.7. The molecular weight excluding hydrogens is 447 g/mol. The largest absolute Gasteiger partial charge is 0.346 e. The zero-order chi connectivity index (χ0) is 23.1. The summed E-state index contributed by atoms with van der Waals surface area (Å²) >= 11 is 6.23. The lowest BCUT2D eigenvalue weighted by molar-refractivity contribution is -0.128. The Hall–Kier alpha value is -3.59. The van der Waals surface area contributed by atoms with Crippen molar-refractivity contribution in [3.63, 3.8) is 0 Å². The quantitative estimate of drug-likeness (QED) is 0.595. The molecule has 0 radical (unpaired) electrons. The molecule has 5 rings (SSSR count). The molecule has 1 saturated heterocycles. The van der Waals surface area contributed by atoms with Crippen LogP contribution in [0.5, 0.6) is 0 Å². The Balaban J connectivity index is 1.48. The number of anilines is 2. The minimum atomic E-state index is -0.510. The average Bonchev–Trinajstić information content (AvgIpc) is 3.36. The van der Waals surface area contributed by atoms with E-state index in [4.69, 9.17) is 11.6 Å². The summed E-state index contributed by atoms with van der Waals surface area (Å²) in [4.78, 5) is 39.9. The first-order chi connectivity index (χ1) is 16.0. The summed E-state index contributed by atoms with van der Waals surface area (Å²) in [5.41, 5.74) is 2.34. The molecule has 33 heavy (non-hydrogen) atoms. The van der Waals surface area contributed by atoms with Crippen molar-refractivity contribution in [3.05, 3.63) is 64.5 Å². The van der Waals surface area contributed by atoms with E-state index < -0.39 is 5.82 Å². The van der Waals surface area contributed by atoms with Crippen LogP contribution in [0, 0.1) is 5.82 Å². The first kappa shape index (κ1) is 21.3. The minimum absolute atomic E-state index is 0.0579. The van der Waals surface area contributed by atoms with E-state index in [0.717, 1.165) is 0 Å². The van der Waals surface area contributed by atoms with E-state index in [9.17, 15) is 14.0 Å². The Morgan fingerprint density at radius 1 is 1.24 bits per heavy atom. The van der Waals surface area contributed by atoms with Gasteiger partial charge in [-0.3, -0.25) is 14.6 Å². The molecule has 4 heterocycles. The highest BCUT2D eigenvalue weighted by atomic mass is 35.5. The van der Waals surface area contributed by atoms with Gasteiger partial charge in [0.1, 0.15) is 11.6 Å². The fourth-order valence-electron chi connectivity index (χ4n) is 4.25. The molecule has 3 aromatic rings. The second-order valence-electron chi connectivity index (χ2n) is 7.87. The number of nitrogens with zero attached hydrogens (tertiary/aromatic N) is 4. The van der Waals surface area contributed by atoms with Crippen LogP contribution in [0.1, 0.15) is 41.0 Å². The lowest BCUT2D eigenvalue weighted by atomic mass is 10.0. The van der Waals surface area contributed by atoms with Gasteiger partial charge in [-0.25, -0.2) is 14.4 Å². The van der Waals surface area contributed by atoms with Crippen LogP contribution in [0.25, 0.3) is 11.3 Å². The number of nitrogens with one attached hydrogen (secondary N) is 2. The Labute approximate surface area is 194 Å². The maximum absolute atomic E-state index is 14.5. The van der Waals surface area contributed by atoms with Crippen molar-refractivity contribution in [2.75, 3.05) is 18.4 Å². The van der Waals surface area contributed by atoms with Crippen LogP contribution in [0.15, 0.2) is 36.7 Å². The van der Waals surface area contributed by atoms with E-state index in [1.165, 1.54) is 18.3 Å². The maximum Gasteiger partial charge on any atom is 0.255 e. The number of amides is 2. The molecule has 0 aliphatic carbocycles. The van der Waals surface area contributed by atoms with Crippen LogP contribution in [-0.2, 0) is 11.3 Å². The van der Waals surface area contributed by atoms with Crippen LogP contribution < -0.4 is 10.6 Å². The van der Waals surface area contributed by atoms with Gasteiger partial charge in [-0.05, 0) is 31.5 Å². The first-order valence-electron chi connectivity index (χ1n) is 10.6. The molecule has 2 N–H and O–H groups in total. The van der Waals surface area contributed by atoms with Gasteiger partial charge in [0, 0.05) is 13.1 Å². The topological polar surface area (TPSA) is 100 Å². The van der Waals surface area contributed by atoms with Crippen molar-refractivity contribution in [1.29, 1.82) is 0 Å². The van der Waals surface area contributed by atoms with Crippen molar-refractivity contribution in [3.8, 4) is 11.3 Å². The molecule has 0 saturated carbocycles. The lowest BCUT2D eigenvalue weighted by Gasteiger charge is -2.14. The standard InChI is InChI=1S/C23H20ClFN6O2/c1-2-31-7-6-12(23(31)33)17-9-27-19(11-26-17)30-16-8-15(20-13(24)4-3-5-14(20)25)29-18-10-28-22(32)21(16)18/h3-5,8-9,11-12H,2,6-7,10H2,1H3,(H,28,32)(H,27,29,30)/t12-/m1/s1. The molecule has 1 atom stereocenters. The summed E-state index contributed by atoms with van der Waals surface area (Å²) < 4.78 is 14.5. The average molecular weight is 467 g/mol. The number of hydrogen-bond donors (Lipinski definition) is 2. The Morgan fingerprint density at radius 2 is 2.09 bits per heavy atom. The molecule has 1 aromatic carbocycles. The molecule has 1 fully saturated rings. The second kappa shape index (κ2) is 8.40. The van der Waals surface area contributed by atoms with E-state index in [2.05, 4.69) is 25.6 Å². The van der Waals surface area contributed by atoms with Crippen LogP contribution >= 0.6 is 11.6 Å². The van der Waals surface area contributed by atoms with E-state index in [0.29, 0.717) is 53.7 Å². The number of carbonyl (C=O) groups is 2. The van der Waals surface area contributed by atoms with Crippen molar-refractivity contribution in [2.24, 2.45) is 0 Å². The van der Waals surface area contributed by atoms with Crippen LogP contribution in [0.4, 0.5) is 15.9 Å². The molecule has 2 aromatic heterocycles. The third-order valence-corrected chi connectivity index (χ3v) is 6.24. The Bertz CT molecular complexity index is 1250. The number of aromatic nitrogens is 3. The summed E-state index contributed by atoms with van der Waals surface area (Å²) in [5.74, 6) is -0.647. The van der Waals surface area contributed by atoms with E-state index >= 15 is 0 Å². The zero-order valence-corrected chi connectivity index (χ0v) is 18.5. The summed E-state index contributed by atoms with van der Waals surface area (Å²) in [6.45, 7) is 3.56. The highest BCUT2D eigenvalue weighted by Crippen LogP contribution is 2.35. The van der Waals surface area contributed by atoms with Gasteiger partial charge in [-0.2, -0.15) is 0 Å². The highest BCUT2D eigenvalue weighted by molar-refractivity contribution is 6.33. The summed E-state index contributed by atoms with van der Waals surface area (Å²) in [5, 5.41) is 6.05. The normalized spacial score (nSPS) is 17.3. The number of pyridine rings is 1. The van der Waals surface area contributed by atoms with Crippen molar-refractivity contribution >= 4 is 34.9 Å². The summed E-state index contributed by atoms with van der Waals surface area (Å²) in [6, 6.07) is 5.98. The molecule has 10 heteroatoms. The van der Waals surface area contributed by atoms with Gasteiger partial charge >= 0.3 is 0 Å². The highest BCUT2D eigenvalue weighted by Gasteiger charge is 2.33. The van der Waals surface area contributed by atoms with Crippen molar-refractivity contribution in [2.45, 2.75) is 25.8 Å². The fourth-order valence-corrected chi connectivity index (χ4v) is 4.51. The van der Waals surface area contributed by atoms with Crippen molar-refractivity contribution < 1.29 is 14.0 Å². The van der Waals surface area contributed by atoms with Gasteiger partial charge in [0.05, 0.1) is 63.8 Å². The van der Waals surface area contributed by atoms with E-state index in [-0.39, 0.29) is 34.9 Å². The maximum atomic E-state index is 14.5. The molecule has 0 spiro atoms. The van der Waals surface area contributed by atoms with Gasteiger partial charge in [0.2, 0.25) is 5.91 Å². The monoisotopic (exact) mass is 466 g/mol. The van der Waals surface area contributed by atoms with Crippen LogP contribution in [0.2, 0.25) is 5.02 Å². The lowest BCUT2D eigenvalue weighted by Crippen LogP contribution is -2.26. The third kappa shape index (κ3) is 3.78. The first-order valence-corrected chi connectivity index (χ1v) is 11.0. The molecule has 2 aliphatic heterocycles. The number of halogens is 2. The smallest absolute Gasteiger partial charge is 0.255 e. The number of carbonyl (C=O) groups excluding carboxylic acids is 2. The van der Waals surface area contributed by atoms with E-state index in [1.54, 1.807) is 23.2 Å². The Kier molecular flexibility index (Phi) is 5.41. The predicted octanol–water partition coefficient (Wildman–Crippen LogP) is 3.65. The number of likely N-dealkylation sites (N-methyl/N-ethyl adjacent to an activating group) is 1. The van der Waals surface area contributed by atoms with Gasteiger partial charge in [-0.1, -0.05) is 17.7 Å². The minimum Gasteiger partial charge on any atom is -0.346 e. The summed E-state index contributed by atoms with van der Waals surface area (Å²) in [6.07, 6.45) is 3.80. The molecule has 168 valence electrons. The van der Waals surface area contributed by atoms with Gasteiger partial charge in [0.25, 0.3) is 5.91 Å². The molecule has 2 aliphatic rings. The molecule has 2 amide bonds. The van der Waals surface area contributed by atoms with Gasteiger partial charge < -0.3 is 15.5 Å². The fraction of sp³-hybridized carbons (Fsp3) is 0.261. The number of fused-ring (bicyclic) bond motifs is 1. The van der Waals surface area contributed by atoms with Crippen LogP contribution in [-0.4, -0.2) is 44.8 Å². The number of benzene rings is 1. The number of hydrogen-bond acceptors (Lipinski definition) is 6. The van der Waals surface area contributed by atoms with Crippen molar-refractivity contribution in [1.82, 2.24) is 25.2 Å². The predicted molar refractivity (Wildman–Crippen MR) is 121 cm³/mol. The second-order valence-corrected chi connectivity index (χ2v) is 8.27. The van der Waals surface area contributed by atoms with Crippen LogP contribution in [0.3, 0.4) is 0 Å². The molecule has 8 nitrogen and oxygen atoms in total. The third-order valence-electron chi connectivity index (χ3n) is 5.93. The SMILES string of the molecule is CCN1CC[C@H](c2cnc(Nc3cc(-c4c(F)cccc4Cl)nc4c3C(=O)NC4)cn2)C1=O. The number of likely N-dealkylation sites (tertiary alicyclic amines) is 1. The molecular formula is C23H20ClFN6O2. The molecule has 0 bridgehead atoms. The number of rotatable bonds is 5. The van der Waals surface area contributed by atoms with E-state index in [1.807, 2.05) is 6.92 Å². The summed E-state index contributed by atoms with van der Waals surface area (Å²) in [7, 11) is 0. The van der Waals surface area contributed by atoms with Gasteiger partial charge in [0.15, 0.2) is 0 Å². The Morgan fingerprint density at radius 3 is 2.79 bits per heavy atom.